The van der Waals surface area contributed by atoms with Gasteiger partial charge in [0.15, 0.2) is 0 Å². The smallest absolute Gasteiger partial charge is 0.125 e. The molecule has 1 aliphatic carbocycles. The molecule has 1 aromatic carbocycles. The van der Waals surface area contributed by atoms with Crippen molar-refractivity contribution in [3.8, 4) is 0 Å². The van der Waals surface area contributed by atoms with E-state index in [1.165, 1.54) is 18.9 Å². The first kappa shape index (κ1) is 10.8. The number of aryl methyl sites for hydroxylation is 1. The molecular weight excluding hydrogens is 215 g/mol. The van der Waals surface area contributed by atoms with Crippen molar-refractivity contribution in [3.63, 3.8) is 0 Å². The molecule has 0 spiro atoms. The normalized spacial score (nSPS) is 15.6. The van der Waals surface area contributed by atoms with Gasteiger partial charge in [-0.05, 0) is 55.5 Å². The predicted octanol–water partition coefficient (Wildman–Crippen LogP) is 2.92. The fourth-order valence-corrected chi connectivity index (χ4v) is 2.20. The first-order valence-electron chi connectivity index (χ1n) is 6.31. The van der Waals surface area contributed by atoms with Gasteiger partial charge in [-0.3, -0.25) is 0 Å². The van der Waals surface area contributed by atoms with Crippen molar-refractivity contribution in [2.75, 3.05) is 6.54 Å². The number of hydrogen-bond donors (Lipinski definition) is 1. The highest BCUT2D eigenvalue weighted by Crippen LogP contribution is 2.19. The number of halogens is 1. The van der Waals surface area contributed by atoms with E-state index in [0.717, 1.165) is 36.5 Å². The Morgan fingerprint density at radius 1 is 1.29 bits per heavy atom. The van der Waals surface area contributed by atoms with Crippen molar-refractivity contribution in [1.82, 2.24) is 9.88 Å². The van der Waals surface area contributed by atoms with E-state index in [-0.39, 0.29) is 5.82 Å². The number of benzene rings is 1. The number of hydrogen-bond acceptors (Lipinski definition) is 1. The van der Waals surface area contributed by atoms with Crippen LogP contribution in [0.15, 0.2) is 30.5 Å². The van der Waals surface area contributed by atoms with Gasteiger partial charge in [-0.2, -0.15) is 0 Å². The fraction of sp³-hybridized carbons (Fsp3) is 0.429. The van der Waals surface area contributed by atoms with Gasteiger partial charge in [0.25, 0.3) is 0 Å². The SMILES string of the molecule is Fc1ccc2ccn(CCCNC3CC3)c2c1. The van der Waals surface area contributed by atoms with Crippen LogP contribution in [-0.4, -0.2) is 17.2 Å². The van der Waals surface area contributed by atoms with Crippen LogP contribution in [0, 0.1) is 5.82 Å². The zero-order valence-electron chi connectivity index (χ0n) is 9.82. The maximum Gasteiger partial charge on any atom is 0.125 e. The van der Waals surface area contributed by atoms with Crippen LogP contribution < -0.4 is 5.32 Å². The van der Waals surface area contributed by atoms with Gasteiger partial charge >= 0.3 is 0 Å². The highest BCUT2D eigenvalue weighted by Gasteiger charge is 2.19. The van der Waals surface area contributed by atoms with Gasteiger partial charge in [-0.25, -0.2) is 4.39 Å². The third-order valence-electron chi connectivity index (χ3n) is 3.32. The summed E-state index contributed by atoms with van der Waals surface area (Å²) in [6, 6.07) is 7.78. The van der Waals surface area contributed by atoms with Gasteiger partial charge in [-0.1, -0.05) is 0 Å². The van der Waals surface area contributed by atoms with Gasteiger partial charge in [0.1, 0.15) is 5.82 Å². The summed E-state index contributed by atoms with van der Waals surface area (Å²) in [7, 11) is 0. The van der Waals surface area contributed by atoms with E-state index in [1.807, 2.05) is 18.3 Å². The van der Waals surface area contributed by atoms with Gasteiger partial charge in [0, 0.05) is 18.8 Å². The third kappa shape index (κ3) is 2.50. The molecule has 90 valence electrons. The lowest BCUT2D eigenvalue weighted by atomic mass is 10.2. The topological polar surface area (TPSA) is 17.0 Å². The van der Waals surface area contributed by atoms with Crippen molar-refractivity contribution in [2.24, 2.45) is 0 Å². The Morgan fingerprint density at radius 3 is 3.00 bits per heavy atom. The largest absolute Gasteiger partial charge is 0.347 e. The van der Waals surface area contributed by atoms with Gasteiger partial charge in [0.05, 0.1) is 5.52 Å². The van der Waals surface area contributed by atoms with Crippen molar-refractivity contribution in [3.05, 3.63) is 36.3 Å². The van der Waals surface area contributed by atoms with Gasteiger partial charge in [-0.15, -0.1) is 0 Å². The lowest BCUT2D eigenvalue weighted by molar-refractivity contribution is 0.587. The molecule has 1 N–H and O–H groups in total. The molecule has 1 aliphatic rings. The van der Waals surface area contributed by atoms with Crippen LogP contribution in [0.2, 0.25) is 0 Å². The maximum absolute atomic E-state index is 13.2. The molecule has 3 rings (SSSR count). The predicted molar refractivity (Wildman–Crippen MR) is 67.5 cm³/mol. The summed E-state index contributed by atoms with van der Waals surface area (Å²) >= 11 is 0. The van der Waals surface area contributed by atoms with Crippen LogP contribution in [0.25, 0.3) is 10.9 Å². The minimum absolute atomic E-state index is 0.159. The van der Waals surface area contributed by atoms with Crippen LogP contribution in [0.4, 0.5) is 4.39 Å². The van der Waals surface area contributed by atoms with E-state index in [0.29, 0.717) is 0 Å². The summed E-state index contributed by atoms with van der Waals surface area (Å²) < 4.78 is 15.3. The lowest BCUT2D eigenvalue weighted by Gasteiger charge is -2.06. The molecule has 17 heavy (non-hydrogen) atoms. The zero-order chi connectivity index (χ0) is 11.7. The summed E-state index contributed by atoms with van der Waals surface area (Å²) in [5.74, 6) is -0.159. The lowest BCUT2D eigenvalue weighted by Crippen LogP contribution is -2.18. The molecular formula is C14H17FN2. The Labute approximate surface area is 100 Å². The number of nitrogens with one attached hydrogen (secondary N) is 1. The molecule has 0 bridgehead atoms. The van der Waals surface area contributed by atoms with Crippen LogP contribution in [0.1, 0.15) is 19.3 Å². The van der Waals surface area contributed by atoms with Crippen molar-refractivity contribution >= 4 is 10.9 Å². The number of nitrogens with zero attached hydrogens (tertiary/aromatic N) is 1. The van der Waals surface area contributed by atoms with E-state index in [9.17, 15) is 4.39 Å². The molecule has 0 atom stereocenters. The van der Waals surface area contributed by atoms with Gasteiger partial charge < -0.3 is 9.88 Å². The first-order valence-corrected chi connectivity index (χ1v) is 6.31. The Morgan fingerprint density at radius 2 is 2.18 bits per heavy atom. The molecule has 1 heterocycles. The molecule has 2 nitrogen and oxygen atoms in total. The van der Waals surface area contributed by atoms with E-state index in [1.54, 1.807) is 6.07 Å². The molecule has 0 amide bonds. The van der Waals surface area contributed by atoms with Crippen LogP contribution >= 0.6 is 0 Å². The molecule has 3 heteroatoms. The van der Waals surface area contributed by atoms with E-state index >= 15 is 0 Å². The maximum atomic E-state index is 13.2. The molecule has 0 radical (unpaired) electrons. The Balaban J connectivity index is 1.64. The van der Waals surface area contributed by atoms with Crippen LogP contribution in [0.5, 0.6) is 0 Å². The minimum Gasteiger partial charge on any atom is -0.347 e. The van der Waals surface area contributed by atoms with Crippen molar-refractivity contribution < 1.29 is 4.39 Å². The number of rotatable bonds is 5. The van der Waals surface area contributed by atoms with E-state index in [2.05, 4.69) is 9.88 Å². The molecule has 0 unspecified atom stereocenters. The molecule has 0 aliphatic heterocycles. The highest BCUT2D eigenvalue weighted by atomic mass is 19.1. The molecule has 1 fully saturated rings. The quantitative estimate of drug-likeness (QED) is 0.784. The Kier molecular flexibility index (Phi) is 2.85. The molecule has 1 aromatic heterocycles. The van der Waals surface area contributed by atoms with E-state index in [4.69, 9.17) is 0 Å². The summed E-state index contributed by atoms with van der Waals surface area (Å²) in [6.45, 7) is 2.01. The van der Waals surface area contributed by atoms with Crippen molar-refractivity contribution in [2.45, 2.75) is 31.8 Å². The summed E-state index contributed by atoms with van der Waals surface area (Å²) in [4.78, 5) is 0. The summed E-state index contributed by atoms with van der Waals surface area (Å²) in [5, 5.41) is 4.60. The monoisotopic (exact) mass is 232 g/mol. The second-order valence-electron chi connectivity index (χ2n) is 4.79. The third-order valence-corrected chi connectivity index (χ3v) is 3.32. The molecule has 0 saturated heterocycles. The first-order chi connectivity index (χ1) is 8.33. The highest BCUT2D eigenvalue weighted by molar-refractivity contribution is 5.80. The Bertz CT molecular complexity index is 514. The summed E-state index contributed by atoms with van der Waals surface area (Å²) in [5.41, 5.74) is 0.997. The second-order valence-corrected chi connectivity index (χ2v) is 4.79. The minimum atomic E-state index is -0.159. The standard InChI is InChI=1S/C14H17FN2/c15-12-3-2-11-6-9-17(14(11)10-12)8-1-7-16-13-4-5-13/h2-3,6,9-10,13,16H,1,4-5,7-8H2. The number of aromatic nitrogens is 1. The van der Waals surface area contributed by atoms with Crippen LogP contribution in [-0.2, 0) is 6.54 Å². The average Bonchev–Trinajstić information content (AvgIpc) is 3.07. The molecule has 1 saturated carbocycles. The van der Waals surface area contributed by atoms with Gasteiger partial charge in [0.2, 0.25) is 0 Å². The van der Waals surface area contributed by atoms with E-state index < -0.39 is 0 Å². The molecule has 2 aromatic rings. The second kappa shape index (κ2) is 4.49. The summed E-state index contributed by atoms with van der Waals surface area (Å²) in [6.07, 6.45) is 5.80. The number of fused-ring (bicyclic) bond motifs is 1. The van der Waals surface area contributed by atoms with Crippen LogP contribution in [0.3, 0.4) is 0 Å². The zero-order valence-corrected chi connectivity index (χ0v) is 9.82. The Hall–Kier alpha value is -1.35. The van der Waals surface area contributed by atoms with Crippen molar-refractivity contribution in [1.29, 1.82) is 0 Å². The fourth-order valence-electron chi connectivity index (χ4n) is 2.20. The average molecular weight is 232 g/mol.